The Labute approximate surface area is 192 Å². The summed E-state index contributed by atoms with van der Waals surface area (Å²) >= 11 is 0. The maximum atomic E-state index is 13.3. The maximum Gasteiger partial charge on any atom is 0.408 e. The average Bonchev–Trinajstić information content (AvgIpc) is 3.36. The van der Waals surface area contributed by atoms with E-state index in [4.69, 9.17) is 4.74 Å². The van der Waals surface area contributed by atoms with Gasteiger partial charge in [0.1, 0.15) is 12.1 Å². The van der Waals surface area contributed by atoms with Crippen molar-refractivity contribution in [3.8, 4) is 11.1 Å². The second-order valence-electron chi connectivity index (χ2n) is 9.28. The van der Waals surface area contributed by atoms with Gasteiger partial charge in [-0.1, -0.05) is 48.5 Å². The summed E-state index contributed by atoms with van der Waals surface area (Å²) in [5, 5.41) is 12.0. The fourth-order valence-electron chi connectivity index (χ4n) is 5.54. The van der Waals surface area contributed by atoms with Crippen LogP contribution in [0.1, 0.15) is 55.6 Å². The Morgan fingerprint density at radius 2 is 1.64 bits per heavy atom. The molecular formula is C26H28N2O5. The predicted octanol–water partition coefficient (Wildman–Crippen LogP) is 3.91. The summed E-state index contributed by atoms with van der Waals surface area (Å²) in [6.45, 7) is 0.723. The van der Waals surface area contributed by atoms with Crippen molar-refractivity contribution in [1.29, 1.82) is 0 Å². The second kappa shape index (κ2) is 8.54. The van der Waals surface area contributed by atoms with E-state index in [9.17, 15) is 19.5 Å². The molecule has 0 radical (unpaired) electrons. The molecule has 2 aliphatic carbocycles. The van der Waals surface area contributed by atoms with Crippen LogP contribution in [0.3, 0.4) is 0 Å². The molecule has 172 valence electrons. The van der Waals surface area contributed by atoms with Gasteiger partial charge in [0.2, 0.25) is 5.91 Å². The number of nitrogens with zero attached hydrogens (tertiary/aromatic N) is 1. The quantitative estimate of drug-likeness (QED) is 0.699. The van der Waals surface area contributed by atoms with Crippen molar-refractivity contribution in [3.63, 3.8) is 0 Å². The molecule has 0 spiro atoms. The van der Waals surface area contributed by atoms with Gasteiger partial charge in [0.15, 0.2) is 0 Å². The minimum absolute atomic E-state index is 0.0466. The lowest BCUT2D eigenvalue weighted by Crippen LogP contribution is -2.64. The number of carbonyl (C=O) groups is 3. The Morgan fingerprint density at radius 1 is 1.00 bits per heavy atom. The Morgan fingerprint density at radius 3 is 2.21 bits per heavy atom. The molecule has 1 aliphatic heterocycles. The molecule has 2 aromatic rings. The summed E-state index contributed by atoms with van der Waals surface area (Å²) in [6.07, 6.45) is 2.74. The van der Waals surface area contributed by atoms with Gasteiger partial charge >= 0.3 is 12.1 Å². The average molecular weight is 449 g/mol. The lowest BCUT2D eigenvalue weighted by Gasteiger charge is -2.43. The van der Waals surface area contributed by atoms with Crippen molar-refractivity contribution in [2.24, 2.45) is 0 Å². The largest absolute Gasteiger partial charge is 0.481 e. The van der Waals surface area contributed by atoms with Crippen LogP contribution in [0.5, 0.6) is 0 Å². The molecule has 5 rings (SSSR count). The van der Waals surface area contributed by atoms with Crippen molar-refractivity contribution in [2.45, 2.75) is 56.0 Å². The highest BCUT2D eigenvalue weighted by atomic mass is 16.5. The maximum absolute atomic E-state index is 13.3. The highest BCUT2D eigenvalue weighted by Gasteiger charge is 2.50. The van der Waals surface area contributed by atoms with E-state index < -0.39 is 17.6 Å². The number of fused-ring (bicyclic) bond motifs is 3. The number of benzene rings is 2. The number of nitrogens with one attached hydrogen (secondary N) is 1. The third kappa shape index (κ3) is 3.86. The zero-order valence-corrected chi connectivity index (χ0v) is 18.5. The van der Waals surface area contributed by atoms with Crippen LogP contribution in [0.2, 0.25) is 0 Å². The zero-order valence-electron chi connectivity index (χ0n) is 18.5. The fraction of sp³-hybridized carbons (Fsp3) is 0.423. The van der Waals surface area contributed by atoms with Crippen LogP contribution in [0.4, 0.5) is 4.79 Å². The van der Waals surface area contributed by atoms with Crippen LogP contribution in [0.15, 0.2) is 48.5 Å². The number of carbonyl (C=O) groups excluding carboxylic acids is 2. The Hall–Kier alpha value is -3.35. The number of aliphatic carboxylic acids is 1. The summed E-state index contributed by atoms with van der Waals surface area (Å²) in [5.41, 5.74) is 3.60. The Balaban J connectivity index is 1.26. The molecule has 1 saturated carbocycles. The number of likely N-dealkylation sites (tertiary alicyclic amines) is 1. The van der Waals surface area contributed by atoms with Gasteiger partial charge in [0, 0.05) is 18.5 Å². The number of alkyl carbamates (subject to hydrolysis) is 1. The van der Waals surface area contributed by atoms with Gasteiger partial charge in [0.25, 0.3) is 0 Å². The van der Waals surface area contributed by atoms with Gasteiger partial charge < -0.3 is 20.1 Å². The van der Waals surface area contributed by atoms with Crippen LogP contribution >= 0.6 is 0 Å². The first-order valence-corrected chi connectivity index (χ1v) is 11.6. The van der Waals surface area contributed by atoms with Crippen LogP contribution in [0.25, 0.3) is 11.1 Å². The van der Waals surface area contributed by atoms with Crippen molar-refractivity contribution in [1.82, 2.24) is 10.2 Å². The first-order chi connectivity index (χ1) is 16.0. The molecule has 0 bridgehead atoms. The van der Waals surface area contributed by atoms with E-state index in [1.165, 1.54) is 0 Å². The highest BCUT2D eigenvalue weighted by Crippen LogP contribution is 2.44. The van der Waals surface area contributed by atoms with Crippen molar-refractivity contribution in [3.05, 3.63) is 59.7 Å². The number of amides is 2. The highest BCUT2D eigenvalue weighted by molar-refractivity contribution is 5.91. The van der Waals surface area contributed by atoms with Gasteiger partial charge in [-0.05, 0) is 54.4 Å². The van der Waals surface area contributed by atoms with E-state index in [1.54, 1.807) is 4.90 Å². The van der Waals surface area contributed by atoms with Crippen LogP contribution < -0.4 is 5.32 Å². The van der Waals surface area contributed by atoms with E-state index in [2.05, 4.69) is 29.6 Å². The van der Waals surface area contributed by atoms with E-state index in [1.807, 2.05) is 24.3 Å². The fourth-order valence-corrected chi connectivity index (χ4v) is 5.54. The van der Waals surface area contributed by atoms with E-state index >= 15 is 0 Å². The molecular weight excluding hydrogens is 420 g/mol. The standard InChI is InChI=1S/C26H28N2O5/c29-23(30)15-17-7-5-14-28(17)24(31)26(12-6-13-26)27-25(32)33-16-22-20-10-3-1-8-18(20)19-9-2-4-11-21(19)22/h1-4,8-11,17,22H,5-7,12-16H2,(H,27,32)(H,29,30)/t17-/m1/s1. The SMILES string of the molecule is O=C(O)C[C@H]1CCCN1C(=O)C1(NC(=O)OCC2c3ccccc3-c3ccccc32)CCC1. The zero-order chi connectivity index (χ0) is 23.0. The molecule has 2 amide bonds. The van der Waals surface area contributed by atoms with Crippen LogP contribution in [0, 0.1) is 0 Å². The molecule has 1 heterocycles. The summed E-state index contributed by atoms with van der Waals surface area (Å²) in [4.78, 5) is 39.0. The number of carboxylic acids is 1. The van der Waals surface area contributed by atoms with Gasteiger partial charge in [-0.3, -0.25) is 9.59 Å². The molecule has 0 unspecified atom stereocenters. The monoisotopic (exact) mass is 448 g/mol. The van der Waals surface area contributed by atoms with Gasteiger partial charge in [0.05, 0.1) is 6.42 Å². The summed E-state index contributed by atoms with van der Waals surface area (Å²) in [6, 6.07) is 16.0. The molecule has 2 N–H and O–H groups in total. The molecule has 2 fully saturated rings. The first-order valence-electron chi connectivity index (χ1n) is 11.6. The molecule has 33 heavy (non-hydrogen) atoms. The predicted molar refractivity (Wildman–Crippen MR) is 122 cm³/mol. The first kappa shape index (κ1) is 21.5. The topological polar surface area (TPSA) is 95.9 Å². The number of rotatable bonds is 6. The third-order valence-corrected chi connectivity index (χ3v) is 7.35. The van der Waals surface area contributed by atoms with Crippen LogP contribution in [-0.2, 0) is 14.3 Å². The van der Waals surface area contributed by atoms with Crippen molar-refractivity contribution < 1.29 is 24.2 Å². The molecule has 7 heteroatoms. The number of hydrogen-bond acceptors (Lipinski definition) is 4. The molecule has 0 aromatic heterocycles. The Kier molecular flexibility index (Phi) is 5.56. The minimum Gasteiger partial charge on any atom is -0.481 e. The minimum atomic E-state index is -0.982. The molecule has 1 atom stereocenters. The van der Waals surface area contributed by atoms with Crippen molar-refractivity contribution in [2.75, 3.05) is 13.2 Å². The molecule has 1 saturated heterocycles. The van der Waals surface area contributed by atoms with Crippen LogP contribution in [-0.4, -0.2) is 52.7 Å². The number of ether oxygens (including phenoxy) is 1. The Bertz CT molecular complexity index is 1050. The third-order valence-electron chi connectivity index (χ3n) is 7.35. The van der Waals surface area contributed by atoms with Gasteiger partial charge in [-0.2, -0.15) is 0 Å². The summed E-state index contributed by atoms with van der Waals surface area (Å²) in [5.74, 6) is -1.13. The van der Waals surface area contributed by atoms with Crippen molar-refractivity contribution >= 4 is 18.0 Å². The van der Waals surface area contributed by atoms with E-state index in [0.29, 0.717) is 25.8 Å². The second-order valence-corrected chi connectivity index (χ2v) is 9.28. The summed E-state index contributed by atoms with van der Waals surface area (Å²) in [7, 11) is 0. The normalized spacial score (nSPS) is 20.5. The van der Waals surface area contributed by atoms with Gasteiger partial charge in [-0.15, -0.1) is 0 Å². The summed E-state index contributed by atoms with van der Waals surface area (Å²) < 4.78 is 5.66. The van der Waals surface area contributed by atoms with E-state index in [-0.39, 0.29) is 30.9 Å². The number of carboxylic acid groups (broad SMARTS) is 1. The van der Waals surface area contributed by atoms with Gasteiger partial charge in [-0.25, -0.2) is 4.79 Å². The molecule has 2 aromatic carbocycles. The lowest BCUT2D eigenvalue weighted by atomic mass is 9.75. The molecule has 3 aliphatic rings. The molecule has 7 nitrogen and oxygen atoms in total. The lowest BCUT2D eigenvalue weighted by molar-refractivity contribution is -0.145. The smallest absolute Gasteiger partial charge is 0.408 e. The number of hydrogen-bond donors (Lipinski definition) is 2. The van der Waals surface area contributed by atoms with E-state index in [0.717, 1.165) is 35.1 Å².